The summed E-state index contributed by atoms with van der Waals surface area (Å²) in [5, 5.41) is 3.65. The number of methoxy groups -OCH3 is 1. The Labute approximate surface area is 200 Å². The summed E-state index contributed by atoms with van der Waals surface area (Å²) in [5.74, 6) is 1.12. The first-order valence-corrected chi connectivity index (χ1v) is 12.0. The van der Waals surface area contributed by atoms with Crippen LogP contribution in [0, 0.1) is 5.41 Å². The zero-order chi connectivity index (χ0) is 23.3. The number of nitrogens with one attached hydrogen (secondary N) is 1. The number of nitrogens with zero attached hydrogens (tertiary/aromatic N) is 1. The quantitative estimate of drug-likeness (QED) is 0.674. The van der Waals surface area contributed by atoms with E-state index in [0.29, 0.717) is 53.9 Å². The number of rotatable bonds is 2. The molecule has 4 rings (SSSR count). The van der Waals surface area contributed by atoms with Gasteiger partial charge in [0.25, 0.3) is 11.8 Å². The number of hydrogen-bond acceptors (Lipinski definition) is 4. The Balaban J connectivity index is 1.45. The maximum Gasteiger partial charge on any atom is 0.255 e. The molecular weight excluding hydrogens is 440 g/mol. The van der Waals surface area contributed by atoms with Crippen LogP contribution in [0.4, 0.5) is 0 Å². The van der Waals surface area contributed by atoms with E-state index in [1.165, 1.54) is 0 Å². The third-order valence-corrected chi connectivity index (χ3v) is 7.08. The van der Waals surface area contributed by atoms with Gasteiger partial charge in [-0.2, -0.15) is 0 Å². The number of amides is 2. The standard InChI is InChI=1S/C26H31ClN2O4/c1-32-21-7-5-6-19(16-21)25(31)29-13-11-26(12-14-29)10-3-2-4-15-33-23-9-8-20(27)17-22(23)24(30)28-18-26/h5-9,16-17H,2-4,10-15,18H2,1H3,(H,28,30). The molecule has 1 spiro atoms. The third-order valence-electron chi connectivity index (χ3n) is 6.85. The predicted molar refractivity (Wildman–Crippen MR) is 128 cm³/mol. The Kier molecular flexibility index (Phi) is 7.43. The molecule has 0 unspecified atom stereocenters. The van der Waals surface area contributed by atoms with Crippen molar-refractivity contribution in [1.29, 1.82) is 0 Å². The van der Waals surface area contributed by atoms with Crippen molar-refractivity contribution in [3.63, 3.8) is 0 Å². The second-order valence-electron chi connectivity index (χ2n) is 9.01. The van der Waals surface area contributed by atoms with Crippen LogP contribution in [-0.2, 0) is 0 Å². The minimum absolute atomic E-state index is 0.0143. The molecule has 33 heavy (non-hydrogen) atoms. The minimum atomic E-state index is -0.165. The maximum atomic E-state index is 13.0. The summed E-state index contributed by atoms with van der Waals surface area (Å²) >= 11 is 6.14. The highest BCUT2D eigenvalue weighted by Crippen LogP contribution is 2.37. The fourth-order valence-electron chi connectivity index (χ4n) is 4.77. The summed E-state index contributed by atoms with van der Waals surface area (Å²) in [7, 11) is 1.60. The van der Waals surface area contributed by atoms with Gasteiger partial charge in [-0.1, -0.05) is 30.5 Å². The SMILES string of the molecule is COc1cccc(C(=O)N2CCC3(CCCCCOc4ccc(Cl)cc4C(=O)NC3)CC2)c1. The fraction of sp³-hybridized carbons (Fsp3) is 0.462. The number of fused-ring (bicyclic) bond motifs is 1. The van der Waals surface area contributed by atoms with Crippen LogP contribution in [0.15, 0.2) is 42.5 Å². The highest BCUT2D eigenvalue weighted by Gasteiger charge is 2.36. The van der Waals surface area contributed by atoms with Crippen molar-refractivity contribution in [3.05, 3.63) is 58.6 Å². The van der Waals surface area contributed by atoms with Crippen LogP contribution in [0.25, 0.3) is 0 Å². The summed E-state index contributed by atoms with van der Waals surface area (Å²) in [6, 6.07) is 12.5. The molecule has 0 saturated carbocycles. The van der Waals surface area contributed by atoms with Crippen molar-refractivity contribution in [2.45, 2.75) is 38.5 Å². The fourth-order valence-corrected chi connectivity index (χ4v) is 4.94. The monoisotopic (exact) mass is 470 g/mol. The number of carbonyl (C=O) groups excluding carboxylic acids is 2. The van der Waals surface area contributed by atoms with Crippen molar-refractivity contribution in [2.24, 2.45) is 5.41 Å². The Morgan fingerprint density at radius 1 is 1.09 bits per heavy atom. The average Bonchev–Trinajstić information content (AvgIpc) is 2.85. The number of piperidine rings is 1. The van der Waals surface area contributed by atoms with E-state index in [0.717, 1.165) is 38.5 Å². The van der Waals surface area contributed by atoms with Crippen LogP contribution in [0.2, 0.25) is 5.02 Å². The van der Waals surface area contributed by atoms with Gasteiger partial charge in [0.1, 0.15) is 11.5 Å². The molecule has 6 nitrogen and oxygen atoms in total. The van der Waals surface area contributed by atoms with Gasteiger partial charge in [0.15, 0.2) is 0 Å². The van der Waals surface area contributed by atoms with Gasteiger partial charge in [-0.05, 0) is 67.5 Å². The van der Waals surface area contributed by atoms with E-state index >= 15 is 0 Å². The van der Waals surface area contributed by atoms with Crippen LogP contribution in [0.1, 0.15) is 59.2 Å². The number of halogens is 1. The second kappa shape index (κ2) is 10.5. The Hall–Kier alpha value is -2.73. The largest absolute Gasteiger partial charge is 0.497 e. The summed E-state index contributed by atoms with van der Waals surface area (Å²) < 4.78 is 11.1. The van der Waals surface area contributed by atoms with Gasteiger partial charge < -0.3 is 19.7 Å². The highest BCUT2D eigenvalue weighted by molar-refractivity contribution is 6.31. The molecule has 2 aliphatic rings. The lowest BCUT2D eigenvalue weighted by molar-refractivity contribution is 0.0533. The topological polar surface area (TPSA) is 67.9 Å². The zero-order valence-corrected chi connectivity index (χ0v) is 19.8. The number of hydrogen-bond donors (Lipinski definition) is 1. The van der Waals surface area contributed by atoms with Crippen LogP contribution >= 0.6 is 11.6 Å². The van der Waals surface area contributed by atoms with Gasteiger partial charge in [0.2, 0.25) is 0 Å². The van der Waals surface area contributed by atoms with Crippen LogP contribution < -0.4 is 14.8 Å². The normalized spacial score (nSPS) is 18.8. The summed E-state index contributed by atoms with van der Waals surface area (Å²) in [6.07, 6.45) is 5.85. The maximum absolute atomic E-state index is 13.0. The molecule has 0 aliphatic carbocycles. The van der Waals surface area contributed by atoms with Crippen LogP contribution in [0.3, 0.4) is 0 Å². The average molecular weight is 471 g/mol. The van der Waals surface area contributed by atoms with Crippen LogP contribution in [-0.4, -0.2) is 50.1 Å². The van der Waals surface area contributed by atoms with Crippen LogP contribution in [0.5, 0.6) is 11.5 Å². The van der Waals surface area contributed by atoms with Crippen molar-refractivity contribution >= 4 is 23.4 Å². The molecule has 2 aliphatic heterocycles. The first-order chi connectivity index (χ1) is 16.0. The molecule has 7 heteroatoms. The Bertz CT molecular complexity index is 1000. The van der Waals surface area contributed by atoms with Gasteiger partial charge in [0.05, 0.1) is 19.3 Å². The highest BCUT2D eigenvalue weighted by atomic mass is 35.5. The van der Waals surface area contributed by atoms with E-state index in [4.69, 9.17) is 21.1 Å². The smallest absolute Gasteiger partial charge is 0.255 e. The van der Waals surface area contributed by atoms with Crippen molar-refractivity contribution in [3.8, 4) is 11.5 Å². The zero-order valence-electron chi connectivity index (χ0n) is 19.1. The molecule has 2 aromatic carbocycles. The van der Waals surface area contributed by atoms with Gasteiger partial charge in [-0.15, -0.1) is 0 Å². The molecule has 0 bridgehead atoms. The lowest BCUT2D eigenvalue weighted by atomic mass is 9.74. The first-order valence-electron chi connectivity index (χ1n) is 11.6. The van der Waals surface area contributed by atoms with Crippen molar-refractivity contribution in [2.75, 3.05) is 33.4 Å². The summed E-state index contributed by atoms with van der Waals surface area (Å²) in [5.41, 5.74) is 1.11. The van der Waals surface area contributed by atoms with Gasteiger partial charge in [-0.3, -0.25) is 9.59 Å². The van der Waals surface area contributed by atoms with Crippen molar-refractivity contribution < 1.29 is 19.1 Å². The molecule has 0 radical (unpaired) electrons. The first kappa shape index (κ1) is 23.4. The molecule has 2 aromatic rings. The number of benzene rings is 2. The molecule has 2 amide bonds. The number of carbonyl (C=O) groups is 2. The van der Waals surface area contributed by atoms with E-state index in [9.17, 15) is 9.59 Å². The Morgan fingerprint density at radius 3 is 2.70 bits per heavy atom. The second-order valence-corrected chi connectivity index (χ2v) is 9.44. The minimum Gasteiger partial charge on any atom is -0.497 e. The third kappa shape index (κ3) is 5.61. The van der Waals surface area contributed by atoms with Crippen molar-refractivity contribution in [1.82, 2.24) is 10.2 Å². The van der Waals surface area contributed by atoms with E-state index in [1.54, 1.807) is 31.4 Å². The number of ether oxygens (including phenoxy) is 2. The molecule has 1 N–H and O–H groups in total. The summed E-state index contributed by atoms with van der Waals surface area (Å²) in [6.45, 7) is 2.52. The number of likely N-dealkylation sites (tertiary alicyclic amines) is 1. The molecule has 176 valence electrons. The summed E-state index contributed by atoms with van der Waals surface area (Å²) in [4.78, 5) is 28.0. The molecule has 1 saturated heterocycles. The molecule has 1 fully saturated rings. The lowest BCUT2D eigenvalue weighted by Crippen LogP contribution is -2.48. The predicted octanol–water partition coefficient (Wildman–Crippen LogP) is 4.95. The molecule has 0 atom stereocenters. The van der Waals surface area contributed by atoms with E-state index < -0.39 is 0 Å². The van der Waals surface area contributed by atoms with E-state index in [2.05, 4.69) is 5.32 Å². The van der Waals surface area contributed by atoms with Gasteiger partial charge in [0, 0.05) is 30.2 Å². The van der Waals surface area contributed by atoms with Gasteiger partial charge in [-0.25, -0.2) is 0 Å². The molecule has 0 aromatic heterocycles. The molecular formula is C26H31ClN2O4. The van der Waals surface area contributed by atoms with Gasteiger partial charge >= 0.3 is 0 Å². The Morgan fingerprint density at radius 2 is 1.91 bits per heavy atom. The lowest BCUT2D eigenvalue weighted by Gasteiger charge is -2.42. The van der Waals surface area contributed by atoms with E-state index in [-0.39, 0.29) is 17.2 Å². The molecule has 2 heterocycles. The van der Waals surface area contributed by atoms with E-state index in [1.807, 2.05) is 23.1 Å².